The largest absolute Gasteiger partial charge is 0.308 e. The maximum atomic E-state index is 5.12. The van der Waals surface area contributed by atoms with E-state index in [1.165, 1.54) is 49.0 Å². The Morgan fingerprint density at radius 2 is 1.60 bits per heavy atom. The van der Waals surface area contributed by atoms with Crippen LogP contribution in [0, 0.1) is 12.3 Å². The van der Waals surface area contributed by atoms with Gasteiger partial charge in [-0.15, -0.1) is 0 Å². The van der Waals surface area contributed by atoms with E-state index in [9.17, 15) is 0 Å². The van der Waals surface area contributed by atoms with Crippen LogP contribution in [0.3, 0.4) is 0 Å². The van der Waals surface area contributed by atoms with Crippen LogP contribution in [0.2, 0.25) is 0 Å². The van der Waals surface area contributed by atoms with E-state index in [0.29, 0.717) is 5.95 Å². The van der Waals surface area contributed by atoms with Crippen molar-refractivity contribution in [2.45, 2.75) is 19.8 Å². The Morgan fingerprint density at radius 3 is 2.48 bits per heavy atom. The average Bonchev–Trinajstić information content (AvgIpc) is 3.65. The third-order valence-corrected chi connectivity index (χ3v) is 9.65. The molecule has 0 N–H and O–H groups in total. The zero-order valence-corrected chi connectivity index (χ0v) is 23.2. The van der Waals surface area contributed by atoms with Gasteiger partial charge in [0, 0.05) is 44.5 Å². The van der Waals surface area contributed by atoms with Crippen LogP contribution in [0.4, 0.5) is 0 Å². The monoisotopic (exact) mass is 539 g/mol. The van der Waals surface area contributed by atoms with Gasteiger partial charge in [0.2, 0.25) is 5.95 Å². The quantitative estimate of drug-likeness (QED) is 0.210. The van der Waals surface area contributed by atoms with Crippen LogP contribution in [0.15, 0.2) is 103 Å². The molecular formula is C37H25N5. The summed E-state index contributed by atoms with van der Waals surface area (Å²) in [6, 6.07) is 24.0. The number of hydrogen-bond donors (Lipinski definition) is 0. The van der Waals surface area contributed by atoms with Crippen molar-refractivity contribution in [1.82, 2.24) is 23.9 Å². The molecule has 2 atom stereocenters. The summed E-state index contributed by atoms with van der Waals surface area (Å²) < 4.78 is 4.77. The molecule has 2 aliphatic carbocycles. The number of aryl methyl sites for hydroxylation is 1. The van der Waals surface area contributed by atoms with Crippen LogP contribution in [-0.2, 0) is 0 Å². The predicted octanol–water partition coefficient (Wildman–Crippen LogP) is 8.67. The molecule has 5 aromatic heterocycles. The summed E-state index contributed by atoms with van der Waals surface area (Å²) in [7, 11) is 0. The molecule has 5 nitrogen and oxygen atoms in total. The summed E-state index contributed by atoms with van der Waals surface area (Å²) in [6.07, 6.45) is 15.5. The molecule has 0 radical (unpaired) electrons. The molecule has 0 amide bonds. The highest BCUT2D eigenvalue weighted by Gasteiger charge is 2.39. The first-order valence-corrected chi connectivity index (χ1v) is 14.5. The SMILES string of the molecule is Cc1nc(-n2c3c(c4c5c6ccccc6n6c7ccccc7c(cc42)c56)C2C=CC=CC2(C)C=C3)nc2cccnc12. The van der Waals surface area contributed by atoms with Crippen LogP contribution in [0.5, 0.6) is 0 Å². The standard InChI is InChI=1S/C37H25N5/c1-21-34-26(13-9-19-38-34)40-36(39-21)42-29-16-18-37(2)17-8-7-12-25(37)32(29)33-30(42)20-24-22-10-3-5-14-27(22)41-28-15-6-4-11-23(28)31(33)35(24)41/h3-20,25H,1-2H3. The Labute approximate surface area is 241 Å². The van der Waals surface area contributed by atoms with Gasteiger partial charge in [-0.25, -0.2) is 9.97 Å². The van der Waals surface area contributed by atoms with E-state index < -0.39 is 0 Å². The number of pyridine rings is 1. The number of fused-ring (bicyclic) bond motifs is 13. The number of nitrogens with zero attached hydrogens (tertiary/aromatic N) is 5. The van der Waals surface area contributed by atoms with E-state index >= 15 is 0 Å². The van der Waals surface area contributed by atoms with Crippen LogP contribution in [0.1, 0.15) is 29.8 Å². The van der Waals surface area contributed by atoms with Crippen molar-refractivity contribution in [2.75, 3.05) is 0 Å². The van der Waals surface area contributed by atoms with Crippen molar-refractivity contribution in [3.8, 4) is 5.95 Å². The molecular weight excluding hydrogens is 514 g/mol. The van der Waals surface area contributed by atoms with Crippen molar-refractivity contribution in [3.63, 3.8) is 0 Å². The minimum Gasteiger partial charge on any atom is -0.308 e. The normalized spacial score (nSPS) is 19.7. The minimum absolute atomic E-state index is 0.114. The van der Waals surface area contributed by atoms with E-state index in [2.05, 4.69) is 112 Å². The van der Waals surface area contributed by atoms with Crippen LogP contribution in [-0.4, -0.2) is 23.9 Å². The number of benzene rings is 3. The van der Waals surface area contributed by atoms with Gasteiger partial charge in [-0.3, -0.25) is 9.55 Å². The molecule has 10 rings (SSSR count). The number of para-hydroxylation sites is 2. The highest BCUT2D eigenvalue weighted by Crippen LogP contribution is 2.54. The van der Waals surface area contributed by atoms with E-state index in [1.807, 2.05) is 25.3 Å². The van der Waals surface area contributed by atoms with E-state index in [1.54, 1.807) is 0 Å². The Kier molecular flexibility index (Phi) is 4.00. The van der Waals surface area contributed by atoms with Crippen LogP contribution < -0.4 is 0 Å². The smallest absolute Gasteiger partial charge is 0.235 e. The first kappa shape index (κ1) is 22.4. The first-order valence-electron chi connectivity index (χ1n) is 14.5. The molecule has 0 saturated heterocycles. The maximum absolute atomic E-state index is 5.12. The fourth-order valence-electron chi connectivity index (χ4n) is 7.80. The molecule has 8 aromatic rings. The first-order chi connectivity index (χ1) is 20.6. The molecule has 0 spiro atoms. The number of rotatable bonds is 1. The Hall–Kier alpha value is -5.29. The van der Waals surface area contributed by atoms with Gasteiger partial charge in [-0.2, -0.15) is 0 Å². The van der Waals surface area contributed by atoms with Gasteiger partial charge in [-0.05, 0) is 48.9 Å². The van der Waals surface area contributed by atoms with Gasteiger partial charge in [0.25, 0.3) is 0 Å². The molecule has 0 aliphatic heterocycles. The molecule has 0 fully saturated rings. The van der Waals surface area contributed by atoms with Gasteiger partial charge in [0.05, 0.1) is 39.0 Å². The lowest BCUT2D eigenvalue weighted by Crippen LogP contribution is -2.24. The van der Waals surface area contributed by atoms with Gasteiger partial charge in [0.15, 0.2) is 0 Å². The highest BCUT2D eigenvalue weighted by atomic mass is 15.2. The number of allylic oxidation sites excluding steroid dienone is 5. The van der Waals surface area contributed by atoms with Gasteiger partial charge < -0.3 is 4.40 Å². The third-order valence-electron chi connectivity index (χ3n) is 9.65. The van der Waals surface area contributed by atoms with E-state index in [4.69, 9.17) is 9.97 Å². The van der Waals surface area contributed by atoms with Crippen molar-refractivity contribution in [1.29, 1.82) is 0 Å². The highest BCUT2D eigenvalue weighted by molar-refractivity contribution is 6.32. The lowest BCUT2D eigenvalue weighted by Gasteiger charge is -2.36. The van der Waals surface area contributed by atoms with Crippen LogP contribution in [0.25, 0.3) is 72.1 Å². The Morgan fingerprint density at radius 1 is 0.786 bits per heavy atom. The number of aromatic nitrogens is 5. The third kappa shape index (κ3) is 2.58. The average molecular weight is 540 g/mol. The summed E-state index contributed by atoms with van der Waals surface area (Å²) >= 11 is 0. The summed E-state index contributed by atoms with van der Waals surface area (Å²) in [4.78, 5) is 14.8. The lowest BCUT2D eigenvalue weighted by atomic mass is 9.67. The van der Waals surface area contributed by atoms with Gasteiger partial charge >= 0.3 is 0 Å². The molecule has 2 unspecified atom stereocenters. The summed E-state index contributed by atoms with van der Waals surface area (Å²) in [5.74, 6) is 0.873. The van der Waals surface area contributed by atoms with Gasteiger partial charge in [-0.1, -0.05) is 73.7 Å². The van der Waals surface area contributed by atoms with E-state index in [-0.39, 0.29) is 11.3 Å². The second kappa shape index (κ2) is 7.51. The molecule has 5 heterocycles. The topological polar surface area (TPSA) is 48.0 Å². The summed E-state index contributed by atoms with van der Waals surface area (Å²) in [6.45, 7) is 4.37. The molecule has 42 heavy (non-hydrogen) atoms. The van der Waals surface area contributed by atoms with E-state index in [0.717, 1.165) is 27.9 Å². The second-order valence-corrected chi connectivity index (χ2v) is 11.9. The molecule has 2 aliphatic rings. The molecule has 5 heteroatoms. The molecule has 198 valence electrons. The van der Waals surface area contributed by atoms with Gasteiger partial charge in [0.1, 0.15) is 5.52 Å². The summed E-state index contributed by atoms with van der Waals surface area (Å²) in [5, 5.41) is 6.39. The van der Waals surface area contributed by atoms with Crippen molar-refractivity contribution < 1.29 is 0 Å². The maximum Gasteiger partial charge on any atom is 0.235 e. The Balaban J connectivity index is 1.49. The predicted molar refractivity (Wildman–Crippen MR) is 172 cm³/mol. The van der Waals surface area contributed by atoms with Crippen molar-refractivity contribution >= 4 is 66.1 Å². The van der Waals surface area contributed by atoms with Crippen molar-refractivity contribution in [3.05, 3.63) is 120 Å². The zero-order chi connectivity index (χ0) is 27.7. The van der Waals surface area contributed by atoms with Crippen molar-refractivity contribution in [2.24, 2.45) is 5.41 Å². The second-order valence-electron chi connectivity index (χ2n) is 11.9. The fraction of sp³-hybridized carbons (Fsp3) is 0.108. The lowest BCUT2D eigenvalue weighted by molar-refractivity contribution is 0.481. The minimum atomic E-state index is -0.114. The zero-order valence-electron chi connectivity index (χ0n) is 23.2. The van der Waals surface area contributed by atoms with Crippen LogP contribution >= 0.6 is 0 Å². The molecule has 0 saturated carbocycles. The summed E-state index contributed by atoms with van der Waals surface area (Å²) in [5.41, 5.74) is 9.86. The Bertz CT molecular complexity index is 2560. The molecule has 0 bridgehead atoms. The molecule has 3 aromatic carbocycles. The fourth-order valence-corrected chi connectivity index (χ4v) is 7.80. The number of hydrogen-bond acceptors (Lipinski definition) is 3.